The highest BCUT2D eigenvalue weighted by Crippen LogP contribution is 2.32. The fourth-order valence-electron chi connectivity index (χ4n) is 2.83. The number of piperazine rings is 1. The number of thiazole rings is 1. The molecule has 1 aromatic carbocycles. The van der Waals surface area contributed by atoms with Crippen molar-refractivity contribution in [3.8, 4) is 11.5 Å². The number of rotatable bonds is 7. The largest absolute Gasteiger partial charge is 0.490 e. The van der Waals surface area contributed by atoms with Gasteiger partial charge in [-0.25, -0.2) is 13.4 Å². The molecule has 7 nitrogen and oxygen atoms in total. The zero-order chi connectivity index (χ0) is 18.6. The first-order valence-corrected chi connectivity index (χ1v) is 10.9. The van der Waals surface area contributed by atoms with Crippen LogP contribution in [-0.4, -0.2) is 57.1 Å². The van der Waals surface area contributed by atoms with Gasteiger partial charge in [0, 0.05) is 43.8 Å². The fourth-order valence-corrected chi connectivity index (χ4v) is 4.97. The molecule has 2 heterocycles. The lowest BCUT2D eigenvalue weighted by molar-refractivity contribution is 0.287. The summed E-state index contributed by atoms with van der Waals surface area (Å²) in [5.41, 5.74) is 0. The second kappa shape index (κ2) is 8.24. The third-order valence-electron chi connectivity index (χ3n) is 4.08. The summed E-state index contributed by atoms with van der Waals surface area (Å²) in [5.74, 6) is 1.01. The van der Waals surface area contributed by atoms with E-state index in [0.29, 0.717) is 50.9 Å². The Kier molecular flexibility index (Phi) is 6.00. The van der Waals surface area contributed by atoms with Gasteiger partial charge >= 0.3 is 0 Å². The summed E-state index contributed by atoms with van der Waals surface area (Å²) in [6.07, 6.45) is 1.76. The van der Waals surface area contributed by atoms with E-state index in [0.717, 1.165) is 5.13 Å². The van der Waals surface area contributed by atoms with E-state index in [1.54, 1.807) is 35.7 Å². The van der Waals surface area contributed by atoms with Gasteiger partial charge in [-0.2, -0.15) is 4.31 Å². The summed E-state index contributed by atoms with van der Waals surface area (Å²) < 4.78 is 38.6. The number of nitrogens with zero attached hydrogens (tertiary/aromatic N) is 3. The lowest BCUT2D eigenvalue weighted by Crippen LogP contribution is -2.48. The molecule has 1 saturated heterocycles. The Balaban J connectivity index is 1.76. The summed E-state index contributed by atoms with van der Waals surface area (Å²) in [7, 11) is -3.57. The second-order valence-electron chi connectivity index (χ2n) is 5.68. The van der Waals surface area contributed by atoms with Gasteiger partial charge < -0.3 is 14.4 Å². The van der Waals surface area contributed by atoms with Gasteiger partial charge in [0.05, 0.1) is 18.1 Å². The molecule has 0 aliphatic carbocycles. The molecule has 142 valence electrons. The number of hydrogen-bond donors (Lipinski definition) is 0. The van der Waals surface area contributed by atoms with Crippen molar-refractivity contribution in [3.63, 3.8) is 0 Å². The van der Waals surface area contributed by atoms with Crippen molar-refractivity contribution in [2.45, 2.75) is 18.7 Å². The Labute approximate surface area is 158 Å². The Morgan fingerprint density at radius 3 is 2.38 bits per heavy atom. The van der Waals surface area contributed by atoms with Crippen LogP contribution in [0.25, 0.3) is 0 Å². The number of anilines is 1. The van der Waals surface area contributed by atoms with Crippen molar-refractivity contribution in [2.75, 3.05) is 44.3 Å². The molecule has 9 heteroatoms. The molecule has 0 spiro atoms. The number of ether oxygens (including phenoxy) is 2. The molecule has 2 aromatic rings. The molecule has 0 saturated carbocycles. The van der Waals surface area contributed by atoms with Gasteiger partial charge in [0.25, 0.3) is 0 Å². The van der Waals surface area contributed by atoms with Gasteiger partial charge in [0.15, 0.2) is 16.6 Å². The number of benzene rings is 1. The molecule has 1 aliphatic rings. The van der Waals surface area contributed by atoms with Crippen LogP contribution in [0.2, 0.25) is 0 Å². The third kappa shape index (κ3) is 3.94. The normalized spacial score (nSPS) is 15.8. The molecule has 26 heavy (non-hydrogen) atoms. The summed E-state index contributed by atoms with van der Waals surface area (Å²) in [6.45, 7) is 6.78. The molecular formula is C17H23N3O4S2. The monoisotopic (exact) mass is 397 g/mol. The summed E-state index contributed by atoms with van der Waals surface area (Å²) in [6, 6.07) is 4.79. The maximum absolute atomic E-state index is 13.0. The van der Waals surface area contributed by atoms with Crippen LogP contribution >= 0.6 is 11.3 Å². The second-order valence-corrected chi connectivity index (χ2v) is 8.49. The SMILES string of the molecule is CCOc1ccc(S(=O)(=O)N2CCN(c3nccs3)CC2)cc1OCC. The summed E-state index contributed by atoms with van der Waals surface area (Å²) in [5, 5.41) is 2.86. The molecule has 0 atom stereocenters. The first-order chi connectivity index (χ1) is 12.6. The van der Waals surface area contributed by atoms with Crippen LogP contribution in [0.15, 0.2) is 34.7 Å². The highest BCUT2D eigenvalue weighted by Gasteiger charge is 2.30. The summed E-state index contributed by atoms with van der Waals surface area (Å²) in [4.78, 5) is 6.63. The maximum Gasteiger partial charge on any atom is 0.243 e. The van der Waals surface area contributed by atoms with Crippen LogP contribution < -0.4 is 14.4 Å². The van der Waals surface area contributed by atoms with E-state index in [1.165, 1.54) is 4.31 Å². The molecule has 1 aliphatic heterocycles. The van der Waals surface area contributed by atoms with E-state index in [4.69, 9.17) is 9.47 Å². The minimum absolute atomic E-state index is 0.229. The molecule has 0 amide bonds. The summed E-state index contributed by atoms with van der Waals surface area (Å²) >= 11 is 1.56. The Morgan fingerprint density at radius 2 is 1.77 bits per heavy atom. The highest BCUT2D eigenvalue weighted by molar-refractivity contribution is 7.89. The van der Waals surface area contributed by atoms with Gasteiger partial charge in [-0.05, 0) is 26.0 Å². The van der Waals surface area contributed by atoms with Crippen molar-refractivity contribution in [3.05, 3.63) is 29.8 Å². The van der Waals surface area contributed by atoms with Gasteiger partial charge in [0.1, 0.15) is 0 Å². The minimum atomic E-state index is -3.57. The van der Waals surface area contributed by atoms with Crippen molar-refractivity contribution in [1.29, 1.82) is 0 Å². The van der Waals surface area contributed by atoms with Crippen LogP contribution in [0.5, 0.6) is 11.5 Å². The quantitative estimate of drug-likeness (QED) is 0.715. The van der Waals surface area contributed by atoms with Crippen LogP contribution in [0, 0.1) is 0 Å². The lowest BCUT2D eigenvalue weighted by Gasteiger charge is -2.33. The van der Waals surface area contributed by atoms with Crippen LogP contribution in [0.4, 0.5) is 5.13 Å². The molecule has 0 unspecified atom stereocenters. The van der Waals surface area contributed by atoms with Gasteiger partial charge in [-0.1, -0.05) is 0 Å². The molecular weight excluding hydrogens is 374 g/mol. The van der Waals surface area contributed by atoms with Crippen molar-refractivity contribution in [1.82, 2.24) is 9.29 Å². The number of sulfonamides is 1. The predicted octanol–water partition coefficient (Wildman–Crippen LogP) is 2.45. The Hall–Kier alpha value is -1.84. The van der Waals surface area contributed by atoms with E-state index in [2.05, 4.69) is 9.88 Å². The Morgan fingerprint density at radius 1 is 1.08 bits per heavy atom. The topological polar surface area (TPSA) is 72.0 Å². The molecule has 1 fully saturated rings. The van der Waals surface area contributed by atoms with Crippen molar-refractivity contribution in [2.24, 2.45) is 0 Å². The lowest BCUT2D eigenvalue weighted by atomic mass is 10.3. The molecule has 0 bridgehead atoms. The van der Waals surface area contributed by atoms with Crippen LogP contribution in [-0.2, 0) is 10.0 Å². The van der Waals surface area contributed by atoms with Gasteiger partial charge in [-0.15, -0.1) is 11.3 Å². The molecule has 3 rings (SSSR count). The third-order valence-corrected chi connectivity index (χ3v) is 6.81. The zero-order valence-electron chi connectivity index (χ0n) is 14.9. The zero-order valence-corrected chi connectivity index (χ0v) is 16.6. The van der Waals surface area contributed by atoms with Crippen LogP contribution in [0.1, 0.15) is 13.8 Å². The van der Waals surface area contributed by atoms with E-state index in [9.17, 15) is 8.42 Å². The first-order valence-electron chi connectivity index (χ1n) is 8.60. The van der Waals surface area contributed by atoms with Gasteiger partial charge in [0.2, 0.25) is 10.0 Å². The minimum Gasteiger partial charge on any atom is -0.490 e. The average molecular weight is 398 g/mol. The number of hydrogen-bond acceptors (Lipinski definition) is 7. The highest BCUT2D eigenvalue weighted by atomic mass is 32.2. The Bertz CT molecular complexity index is 817. The van der Waals surface area contributed by atoms with E-state index in [1.807, 2.05) is 19.2 Å². The molecule has 0 radical (unpaired) electrons. The van der Waals surface area contributed by atoms with Gasteiger partial charge in [-0.3, -0.25) is 0 Å². The van der Waals surface area contributed by atoms with Crippen molar-refractivity contribution >= 4 is 26.5 Å². The average Bonchev–Trinajstić information content (AvgIpc) is 3.18. The smallest absolute Gasteiger partial charge is 0.243 e. The van der Waals surface area contributed by atoms with E-state index in [-0.39, 0.29) is 4.90 Å². The maximum atomic E-state index is 13.0. The predicted molar refractivity (Wildman–Crippen MR) is 102 cm³/mol. The fraction of sp³-hybridized carbons (Fsp3) is 0.471. The molecule has 0 N–H and O–H groups in total. The number of aromatic nitrogens is 1. The first kappa shape index (κ1) is 18.9. The van der Waals surface area contributed by atoms with E-state index >= 15 is 0 Å². The van der Waals surface area contributed by atoms with Crippen LogP contribution in [0.3, 0.4) is 0 Å². The standard InChI is InChI=1S/C17H23N3O4S2/c1-3-23-15-6-5-14(13-16(15)24-4-2)26(21,22)20-10-8-19(9-11-20)17-18-7-12-25-17/h5-7,12-13H,3-4,8-11H2,1-2H3. The van der Waals surface area contributed by atoms with Crippen molar-refractivity contribution < 1.29 is 17.9 Å². The molecule has 1 aromatic heterocycles. The van der Waals surface area contributed by atoms with E-state index < -0.39 is 10.0 Å².